The van der Waals surface area contributed by atoms with Crippen molar-refractivity contribution in [3.63, 3.8) is 0 Å². The lowest BCUT2D eigenvalue weighted by Crippen LogP contribution is -2.17. The van der Waals surface area contributed by atoms with Gasteiger partial charge in [0.15, 0.2) is 0 Å². The molecule has 0 aromatic heterocycles. The molecule has 1 N–H and O–H groups in total. The summed E-state index contributed by atoms with van der Waals surface area (Å²) in [6.07, 6.45) is 0.861. The van der Waals surface area contributed by atoms with Gasteiger partial charge in [-0.25, -0.2) is 8.42 Å². The van der Waals surface area contributed by atoms with E-state index in [1.165, 1.54) is 25.1 Å². The van der Waals surface area contributed by atoms with Crippen LogP contribution in [0.15, 0.2) is 18.2 Å². The van der Waals surface area contributed by atoms with Gasteiger partial charge in [0.2, 0.25) is 5.91 Å². The Morgan fingerprint density at radius 3 is 2.58 bits per heavy atom. The van der Waals surface area contributed by atoms with Crippen molar-refractivity contribution >= 4 is 27.1 Å². The fourth-order valence-corrected chi connectivity index (χ4v) is 2.00. The molecule has 104 valence electrons. The van der Waals surface area contributed by atoms with Crippen LogP contribution in [-0.4, -0.2) is 31.3 Å². The Morgan fingerprint density at radius 1 is 1.42 bits per heavy atom. The van der Waals surface area contributed by atoms with E-state index < -0.39 is 20.7 Å². The van der Waals surface area contributed by atoms with E-state index in [0.717, 1.165) is 6.26 Å². The predicted molar refractivity (Wildman–Crippen MR) is 70.8 cm³/mol. The summed E-state index contributed by atoms with van der Waals surface area (Å²) in [5.41, 5.74) is 0.550. The number of nitrogens with zero attached hydrogens (tertiary/aromatic N) is 1. The van der Waals surface area contributed by atoms with Crippen LogP contribution < -0.4 is 5.32 Å². The third-order valence-electron chi connectivity index (χ3n) is 2.48. The van der Waals surface area contributed by atoms with E-state index in [2.05, 4.69) is 5.32 Å². The number of rotatable bonds is 5. The van der Waals surface area contributed by atoms with Gasteiger partial charge in [-0.1, -0.05) is 6.07 Å². The van der Waals surface area contributed by atoms with Gasteiger partial charge >= 0.3 is 0 Å². The average molecular weight is 286 g/mol. The van der Waals surface area contributed by atoms with Gasteiger partial charge in [0.05, 0.1) is 21.9 Å². The Balaban J connectivity index is 2.80. The zero-order valence-corrected chi connectivity index (χ0v) is 11.4. The lowest BCUT2D eigenvalue weighted by molar-refractivity contribution is -0.385. The number of carbonyl (C=O) groups is 1. The number of sulfone groups is 1. The van der Waals surface area contributed by atoms with E-state index in [9.17, 15) is 23.3 Å². The van der Waals surface area contributed by atoms with Gasteiger partial charge in [-0.3, -0.25) is 14.9 Å². The molecular formula is C11H14N2O5S. The summed E-state index contributed by atoms with van der Waals surface area (Å²) >= 11 is 0. The van der Waals surface area contributed by atoms with Crippen molar-refractivity contribution in [1.82, 2.24) is 0 Å². The third kappa shape index (κ3) is 4.66. The minimum absolute atomic E-state index is 0.0964. The molecule has 1 aromatic carbocycles. The van der Waals surface area contributed by atoms with Crippen LogP contribution in [0.4, 0.5) is 11.4 Å². The van der Waals surface area contributed by atoms with Gasteiger partial charge in [-0.05, 0) is 13.0 Å². The van der Waals surface area contributed by atoms with Crippen molar-refractivity contribution in [3.8, 4) is 0 Å². The van der Waals surface area contributed by atoms with Crippen molar-refractivity contribution < 1.29 is 18.1 Å². The molecular weight excluding hydrogens is 272 g/mol. The number of nitro benzene ring substituents is 1. The summed E-state index contributed by atoms with van der Waals surface area (Å²) in [4.78, 5) is 21.7. The zero-order valence-electron chi connectivity index (χ0n) is 10.5. The molecule has 0 aliphatic heterocycles. The van der Waals surface area contributed by atoms with Crippen LogP contribution in [-0.2, 0) is 14.6 Å². The maximum atomic E-state index is 11.5. The molecule has 0 heterocycles. The summed E-state index contributed by atoms with van der Waals surface area (Å²) < 4.78 is 21.9. The fourth-order valence-electron chi connectivity index (χ4n) is 1.45. The van der Waals surface area contributed by atoms with Crippen LogP contribution in [0.3, 0.4) is 0 Å². The van der Waals surface area contributed by atoms with E-state index in [0.29, 0.717) is 11.3 Å². The number of hydrogen-bond acceptors (Lipinski definition) is 5. The Hall–Kier alpha value is -1.96. The highest BCUT2D eigenvalue weighted by atomic mass is 32.2. The number of amides is 1. The molecule has 0 aliphatic carbocycles. The number of nitro groups is 1. The monoisotopic (exact) mass is 286 g/mol. The molecule has 8 heteroatoms. The van der Waals surface area contributed by atoms with Crippen LogP contribution in [0.25, 0.3) is 0 Å². The average Bonchev–Trinajstić information content (AvgIpc) is 2.28. The zero-order chi connectivity index (χ0) is 14.6. The number of nitrogens with one attached hydrogen (secondary N) is 1. The first-order valence-corrected chi connectivity index (χ1v) is 7.48. The summed E-state index contributed by atoms with van der Waals surface area (Å²) in [6, 6.07) is 4.32. The van der Waals surface area contributed by atoms with E-state index in [-0.39, 0.29) is 17.9 Å². The summed E-state index contributed by atoms with van der Waals surface area (Å²) in [5.74, 6) is -0.749. The molecule has 0 saturated carbocycles. The third-order valence-corrected chi connectivity index (χ3v) is 3.42. The highest BCUT2D eigenvalue weighted by Gasteiger charge is 2.15. The van der Waals surface area contributed by atoms with Crippen molar-refractivity contribution in [2.45, 2.75) is 13.3 Å². The van der Waals surface area contributed by atoms with Gasteiger partial charge in [0.25, 0.3) is 5.69 Å². The predicted octanol–water partition coefficient (Wildman–Crippen LogP) is 1.28. The summed E-state index contributed by atoms with van der Waals surface area (Å²) in [6.45, 7) is 1.52. The van der Waals surface area contributed by atoms with Crippen molar-refractivity contribution in [2.75, 3.05) is 17.3 Å². The number of hydrogen-bond donors (Lipinski definition) is 1. The second-order valence-corrected chi connectivity index (χ2v) is 6.39. The highest BCUT2D eigenvalue weighted by molar-refractivity contribution is 7.90. The van der Waals surface area contributed by atoms with E-state index in [1.54, 1.807) is 0 Å². The van der Waals surface area contributed by atoms with E-state index in [4.69, 9.17) is 0 Å². The molecule has 1 amide bonds. The van der Waals surface area contributed by atoms with Crippen LogP contribution in [0.1, 0.15) is 12.0 Å². The molecule has 0 radical (unpaired) electrons. The Labute approximate surface area is 110 Å². The molecule has 0 aliphatic rings. The van der Waals surface area contributed by atoms with Gasteiger partial charge in [0, 0.05) is 18.7 Å². The van der Waals surface area contributed by atoms with Gasteiger partial charge in [-0.15, -0.1) is 0 Å². The molecule has 1 rings (SSSR count). The maximum Gasteiger partial charge on any atom is 0.274 e. The lowest BCUT2D eigenvalue weighted by Gasteiger charge is -2.08. The van der Waals surface area contributed by atoms with E-state index in [1.807, 2.05) is 0 Å². The lowest BCUT2D eigenvalue weighted by atomic mass is 10.1. The molecule has 0 saturated heterocycles. The molecule has 0 atom stereocenters. The van der Waals surface area contributed by atoms with Gasteiger partial charge in [-0.2, -0.15) is 0 Å². The minimum Gasteiger partial charge on any atom is -0.326 e. The Bertz CT molecular complexity index is 610. The number of benzene rings is 1. The van der Waals surface area contributed by atoms with E-state index >= 15 is 0 Å². The molecule has 0 fully saturated rings. The maximum absolute atomic E-state index is 11.5. The molecule has 19 heavy (non-hydrogen) atoms. The largest absolute Gasteiger partial charge is 0.326 e. The normalized spacial score (nSPS) is 11.1. The van der Waals surface area contributed by atoms with Crippen molar-refractivity contribution in [3.05, 3.63) is 33.9 Å². The fraction of sp³-hybridized carbons (Fsp3) is 0.364. The SMILES string of the molecule is Cc1c(NC(=O)CCS(C)(=O)=O)cccc1[N+](=O)[O-]. The van der Waals surface area contributed by atoms with Gasteiger partial charge < -0.3 is 5.32 Å². The second-order valence-electron chi connectivity index (χ2n) is 4.13. The highest BCUT2D eigenvalue weighted by Crippen LogP contribution is 2.25. The number of anilines is 1. The topological polar surface area (TPSA) is 106 Å². The molecule has 7 nitrogen and oxygen atoms in total. The van der Waals surface area contributed by atoms with Crippen LogP contribution in [0.5, 0.6) is 0 Å². The molecule has 0 spiro atoms. The number of carbonyl (C=O) groups excluding carboxylic acids is 1. The standard InChI is InChI=1S/C11H14N2O5S/c1-8-9(4-3-5-10(8)13(15)16)12-11(14)6-7-19(2,17)18/h3-5H,6-7H2,1-2H3,(H,12,14). The van der Waals surface area contributed by atoms with Crippen molar-refractivity contribution in [1.29, 1.82) is 0 Å². The smallest absolute Gasteiger partial charge is 0.274 e. The first-order valence-electron chi connectivity index (χ1n) is 5.42. The second kappa shape index (κ2) is 5.79. The van der Waals surface area contributed by atoms with Crippen LogP contribution >= 0.6 is 0 Å². The Kier molecular flexibility index (Phi) is 4.60. The van der Waals surface area contributed by atoms with Crippen LogP contribution in [0.2, 0.25) is 0 Å². The minimum atomic E-state index is -3.21. The molecule has 1 aromatic rings. The van der Waals surface area contributed by atoms with Crippen LogP contribution in [0, 0.1) is 17.0 Å². The summed E-state index contributed by atoms with van der Waals surface area (Å²) in [7, 11) is -3.21. The Morgan fingerprint density at radius 2 is 2.05 bits per heavy atom. The first-order chi connectivity index (χ1) is 8.70. The first kappa shape index (κ1) is 15.1. The summed E-state index contributed by atoms with van der Waals surface area (Å²) in [5, 5.41) is 13.2. The quantitative estimate of drug-likeness (QED) is 0.648. The molecule has 0 bridgehead atoms. The molecule has 0 unspecified atom stereocenters. The van der Waals surface area contributed by atoms with Crippen molar-refractivity contribution in [2.24, 2.45) is 0 Å². The van der Waals surface area contributed by atoms with Gasteiger partial charge in [0.1, 0.15) is 9.84 Å².